The zero-order valence-corrected chi connectivity index (χ0v) is 7.66. The van der Waals surface area contributed by atoms with E-state index in [0.717, 1.165) is 5.56 Å². The first-order chi connectivity index (χ1) is 6.27. The quantitative estimate of drug-likeness (QED) is 0.687. The molecule has 5 nitrogen and oxygen atoms in total. The van der Waals surface area contributed by atoms with Gasteiger partial charge in [0.25, 0.3) is 0 Å². The van der Waals surface area contributed by atoms with Crippen molar-refractivity contribution in [2.24, 2.45) is 5.73 Å². The topological polar surface area (TPSA) is 87.0 Å². The molecule has 0 unspecified atom stereocenters. The molecule has 0 spiro atoms. The lowest BCUT2D eigenvalue weighted by atomic mass is 10.3. The average Bonchev–Trinajstić information content (AvgIpc) is 2.15. The van der Waals surface area contributed by atoms with Crippen molar-refractivity contribution in [1.29, 1.82) is 0 Å². The van der Waals surface area contributed by atoms with Gasteiger partial charge in [-0.1, -0.05) is 0 Å². The standard InChI is InChI=1S/C8H14N4O/c1-2-13-5-7-11-4-6(3-9)8(10)12-7/h4H,2-3,5,9H2,1H3,(H2,10,11,12). The predicted octanol–water partition coefficient (Wildman–Crippen LogP) is 0.0540. The van der Waals surface area contributed by atoms with Crippen molar-refractivity contribution in [2.45, 2.75) is 20.1 Å². The molecule has 1 heterocycles. The Balaban J connectivity index is 2.71. The smallest absolute Gasteiger partial charge is 0.156 e. The van der Waals surface area contributed by atoms with Gasteiger partial charge in [-0.3, -0.25) is 0 Å². The summed E-state index contributed by atoms with van der Waals surface area (Å²) >= 11 is 0. The van der Waals surface area contributed by atoms with Gasteiger partial charge in [0.05, 0.1) is 0 Å². The van der Waals surface area contributed by atoms with Crippen LogP contribution in [0.4, 0.5) is 5.82 Å². The van der Waals surface area contributed by atoms with Crippen LogP contribution in [0.2, 0.25) is 0 Å². The molecule has 1 aromatic heterocycles. The zero-order chi connectivity index (χ0) is 9.68. The Kier molecular flexibility index (Phi) is 3.60. The zero-order valence-electron chi connectivity index (χ0n) is 7.66. The molecule has 0 saturated carbocycles. The summed E-state index contributed by atoms with van der Waals surface area (Å²) in [4.78, 5) is 8.09. The number of nitrogens with two attached hydrogens (primary N) is 2. The summed E-state index contributed by atoms with van der Waals surface area (Å²) in [6, 6.07) is 0. The molecule has 13 heavy (non-hydrogen) atoms. The molecule has 0 aliphatic rings. The highest BCUT2D eigenvalue weighted by molar-refractivity contribution is 5.37. The van der Waals surface area contributed by atoms with Crippen molar-refractivity contribution in [3.05, 3.63) is 17.6 Å². The second kappa shape index (κ2) is 4.74. The number of nitrogens with zero attached hydrogens (tertiary/aromatic N) is 2. The molecule has 0 aliphatic heterocycles. The Morgan fingerprint density at radius 1 is 1.54 bits per heavy atom. The monoisotopic (exact) mass is 182 g/mol. The van der Waals surface area contributed by atoms with Crippen LogP contribution in [-0.4, -0.2) is 16.6 Å². The molecule has 0 radical (unpaired) electrons. The van der Waals surface area contributed by atoms with Gasteiger partial charge < -0.3 is 16.2 Å². The minimum Gasteiger partial charge on any atom is -0.383 e. The van der Waals surface area contributed by atoms with E-state index in [4.69, 9.17) is 16.2 Å². The van der Waals surface area contributed by atoms with Gasteiger partial charge in [-0.05, 0) is 6.92 Å². The molecular formula is C8H14N4O. The van der Waals surface area contributed by atoms with Crippen LogP contribution >= 0.6 is 0 Å². The Morgan fingerprint density at radius 3 is 2.85 bits per heavy atom. The van der Waals surface area contributed by atoms with E-state index in [1.807, 2.05) is 6.92 Å². The molecule has 72 valence electrons. The van der Waals surface area contributed by atoms with Crippen LogP contribution in [0.15, 0.2) is 6.20 Å². The summed E-state index contributed by atoms with van der Waals surface area (Å²) < 4.78 is 5.14. The molecule has 0 amide bonds. The molecule has 1 aromatic rings. The summed E-state index contributed by atoms with van der Waals surface area (Å²) in [6.45, 7) is 3.31. The fourth-order valence-corrected chi connectivity index (χ4v) is 0.878. The summed E-state index contributed by atoms with van der Waals surface area (Å²) in [7, 11) is 0. The third kappa shape index (κ3) is 2.64. The number of hydrogen-bond donors (Lipinski definition) is 2. The summed E-state index contributed by atoms with van der Waals surface area (Å²) in [5.41, 5.74) is 11.8. The van der Waals surface area contributed by atoms with Crippen molar-refractivity contribution in [2.75, 3.05) is 12.3 Å². The Morgan fingerprint density at radius 2 is 2.31 bits per heavy atom. The molecule has 0 aromatic carbocycles. The van der Waals surface area contributed by atoms with Crippen LogP contribution in [-0.2, 0) is 17.9 Å². The largest absolute Gasteiger partial charge is 0.383 e. The lowest BCUT2D eigenvalue weighted by Crippen LogP contribution is -2.08. The Labute approximate surface area is 77.1 Å². The number of anilines is 1. The lowest BCUT2D eigenvalue weighted by Gasteiger charge is -2.04. The highest BCUT2D eigenvalue weighted by atomic mass is 16.5. The van der Waals surface area contributed by atoms with Crippen LogP contribution in [0, 0.1) is 0 Å². The van der Waals surface area contributed by atoms with Gasteiger partial charge >= 0.3 is 0 Å². The minimum atomic E-state index is 0.362. The molecule has 5 heteroatoms. The number of hydrogen-bond acceptors (Lipinski definition) is 5. The second-order valence-electron chi connectivity index (χ2n) is 2.54. The van der Waals surface area contributed by atoms with E-state index in [1.54, 1.807) is 6.20 Å². The van der Waals surface area contributed by atoms with E-state index in [-0.39, 0.29) is 0 Å². The predicted molar refractivity (Wildman–Crippen MR) is 49.7 cm³/mol. The summed E-state index contributed by atoms with van der Waals surface area (Å²) in [5.74, 6) is 1.03. The van der Waals surface area contributed by atoms with Crippen molar-refractivity contribution in [3.63, 3.8) is 0 Å². The molecule has 0 fully saturated rings. The summed E-state index contributed by atoms with van der Waals surface area (Å²) in [5, 5.41) is 0. The third-order valence-electron chi connectivity index (χ3n) is 1.60. The van der Waals surface area contributed by atoms with Crippen molar-refractivity contribution < 1.29 is 4.74 Å². The van der Waals surface area contributed by atoms with E-state index in [9.17, 15) is 0 Å². The minimum absolute atomic E-state index is 0.362. The SMILES string of the molecule is CCOCc1ncc(CN)c(N)n1. The highest BCUT2D eigenvalue weighted by Gasteiger charge is 2.01. The molecule has 0 aliphatic carbocycles. The van der Waals surface area contributed by atoms with Gasteiger partial charge in [0.2, 0.25) is 0 Å². The third-order valence-corrected chi connectivity index (χ3v) is 1.60. The molecule has 1 rings (SSSR count). The number of nitrogen functional groups attached to an aromatic ring is 1. The fourth-order valence-electron chi connectivity index (χ4n) is 0.878. The van der Waals surface area contributed by atoms with Gasteiger partial charge in [0.1, 0.15) is 12.4 Å². The first-order valence-electron chi connectivity index (χ1n) is 4.16. The maximum Gasteiger partial charge on any atom is 0.156 e. The van der Waals surface area contributed by atoms with Gasteiger partial charge in [-0.15, -0.1) is 0 Å². The normalized spacial score (nSPS) is 10.3. The van der Waals surface area contributed by atoms with E-state index < -0.39 is 0 Å². The maximum atomic E-state index is 5.62. The molecule has 4 N–H and O–H groups in total. The van der Waals surface area contributed by atoms with Crippen LogP contribution in [0.3, 0.4) is 0 Å². The average molecular weight is 182 g/mol. The fraction of sp³-hybridized carbons (Fsp3) is 0.500. The van der Waals surface area contributed by atoms with Crippen LogP contribution < -0.4 is 11.5 Å². The van der Waals surface area contributed by atoms with Crippen molar-refractivity contribution in [3.8, 4) is 0 Å². The number of rotatable bonds is 4. The van der Waals surface area contributed by atoms with Crippen LogP contribution in [0.1, 0.15) is 18.3 Å². The van der Waals surface area contributed by atoms with Gasteiger partial charge in [-0.25, -0.2) is 9.97 Å². The highest BCUT2D eigenvalue weighted by Crippen LogP contribution is 2.06. The van der Waals surface area contributed by atoms with Crippen molar-refractivity contribution in [1.82, 2.24) is 9.97 Å². The molecule has 0 bridgehead atoms. The van der Waals surface area contributed by atoms with Crippen molar-refractivity contribution >= 4 is 5.82 Å². The van der Waals surface area contributed by atoms with Gasteiger partial charge in [-0.2, -0.15) is 0 Å². The Bertz CT molecular complexity index is 277. The first kappa shape index (κ1) is 9.88. The lowest BCUT2D eigenvalue weighted by molar-refractivity contribution is 0.128. The van der Waals surface area contributed by atoms with E-state index in [0.29, 0.717) is 31.4 Å². The van der Waals surface area contributed by atoms with E-state index in [1.165, 1.54) is 0 Å². The van der Waals surface area contributed by atoms with Gasteiger partial charge in [0, 0.05) is 24.9 Å². The second-order valence-corrected chi connectivity index (χ2v) is 2.54. The summed E-state index contributed by atoms with van der Waals surface area (Å²) in [6.07, 6.45) is 1.64. The van der Waals surface area contributed by atoms with Crippen LogP contribution in [0.25, 0.3) is 0 Å². The van der Waals surface area contributed by atoms with Gasteiger partial charge in [0.15, 0.2) is 5.82 Å². The molecular weight excluding hydrogens is 168 g/mol. The molecule has 0 atom stereocenters. The first-order valence-corrected chi connectivity index (χ1v) is 4.16. The number of aromatic nitrogens is 2. The maximum absolute atomic E-state index is 5.62. The van der Waals surface area contributed by atoms with Crippen LogP contribution in [0.5, 0.6) is 0 Å². The molecule has 0 saturated heterocycles. The van der Waals surface area contributed by atoms with E-state index >= 15 is 0 Å². The Hall–Kier alpha value is -1.20. The van der Waals surface area contributed by atoms with E-state index in [2.05, 4.69) is 9.97 Å². The number of ether oxygens (including phenoxy) is 1.